The minimum Gasteiger partial charge on any atom is -0.307 e. The summed E-state index contributed by atoms with van der Waals surface area (Å²) in [5, 5.41) is 2.67. The van der Waals surface area contributed by atoms with Crippen LogP contribution in [0.4, 0.5) is 10.2 Å². The van der Waals surface area contributed by atoms with Gasteiger partial charge in [0.15, 0.2) is 0 Å². The first-order valence-electron chi connectivity index (χ1n) is 5.25. The van der Waals surface area contributed by atoms with Gasteiger partial charge in [0.2, 0.25) is 0 Å². The number of carbonyl (C=O) groups is 1. The van der Waals surface area contributed by atoms with Crippen LogP contribution in [-0.2, 0) is 0 Å². The van der Waals surface area contributed by atoms with Crippen LogP contribution in [0, 0.1) is 12.7 Å². The van der Waals surface area contributed by atoms with Gasteiger partial charge in [-0.15, -0.1) is 0 Å². The van der Waals surface area contributed by atoms with E-state index in [9.17, 15) is 9.18 Å². The van der Waals surface area contributed by atoms with Gasteiger partial charge in [-0.05, 0) is 42.8 Å². The standard InChI is InChI=1S/C13H10ClFN2O/c1-8-4-5-16-12(6-8)17-13(18)10-3-2-9(15)7-11(10)14/h2-7H,1H3,(H,16,17,18). The lowest BCUT2D eigenvalue weighted by Gasteiger charge is -2.06. The van der Waals surface area contributed by atoms with Gasteiger partial charge in [0.1, 0.15) is 11.6 Å². The summed E-state index contributed by atoms with van der Waals surface area (Å²) in [5.41, 5.74) is 1.19. The quantitative estimate of drug-likeness (QED) is 0.903. The topological polar surface area (TPSA) is 42.0 Å². The van der Waals surface area contributed by atoms with E-state index >= 15 is 0 Å². The molecule has 0 bridgehead atoms. The van der Waals surface area contributed by atoms with Crippen LogP contribution in [0.2, 0.25) is 5.02 Å². The first-order chi connectivity index (χ1) is 8.56. The number of nitrogens with zero attached hydrogens (tertiary/aromatic N) is 1. The molecule has 1 heterocycles. The molecule has 0 fully saturated rings. The van der Waals surface area contributed by atoms with Crippen LogP contribution < -0.4 is 5.32 Å². The summed E-state index contributed by atoms with van der Waals surface area (Å²) in [7, 11) is 0. The number of benzene rings is 1. The molecule has 0 saturated carbocycles. The summed E-state index contributed by atoms with van der Waals surface area (Å²) in [6.07, 6.45) is 1.59. The number of hydrogen-bond donors (Lipinski definition) is 1. The molecule has 0 radical (unpaired) electrons. The molecule has 3 nitrogen and oxygen atoms in total. The van der Waals surface area contributed by atoms with E-state index in [1.807, 2.05) is 13.0 Å². The molecule has 5 heteroatoms. The Bertz CT molecular complexity index is 601. The smallest absolute Gasteiger partial charge is 0.258 e. The summed E-state index contributed by atoms with van der Waals surface area (Å²) in [6.45, 7) is 1.89. The summed E-state index contributed by atoms with van der Waals surface area (Å²) in [6, 6.07) is 7.17. The number of rotatable bonds is 2. The van der Waals surface area contributed by atoms with E-state index in [-0.39, 0.29) is 10.6 Å². The lowest BCUT2D eigenvalue weighted by molar-refractivity contribution is 0.102. The second kappa shape index (κ2) is 5.14. The second-order valence-corrected chi connectivity index (χ2v) is 4.20. The fraction of sp³-hybridized carbons (Fsp3) is 0.0769. The molecule has 92 valence electrons. The third kappa shape index (κ3) is 2.84. The number of aromatic nitrogens is 1. The Balaban J connectivity index is 2.22. The Morgan fingerprint density at radius 2 is 2.11 bits per heavy atom. The Morgan fingerprint density at radius 3 is 2.78 bits per heavy atom. The van der Waals surface area contributed by atoms with Gasteiger partial charge in [-0.1, -0.05) is 11.6 Å². The molecule has 0 atom stereocenters. The predicted molar refractivity (Wildman–Crippen MR) is 68.3 cm³/mol. The number of anilines is 1. The molecule has 1 amide bonds. The molecular formula is C13H10ClFN2O. The SMILES string of the molecule is Cc1ccnc(NC(=O)c2ccc(F)cc2Cl)c1. The fourth-order valence-electron chi connectivity index (χ4n) is 1.46. The Hall–Kier alpha value is -1.94. The zero-order valence-corrected chi connectivity index (χ0v) is 10.3. The highest BCUT2D eigenvalue weighted by molar-refractivity contribution is 6.34. The van der Waals surface area contributed by atoms with Gasteiger partial charge in [0.05, 0.1) is 10.6 Å². The minimum atomic E-state index is -0.481. The van der Waals surface area contributed by atoms with Crippen molar-refractivity contribution in [3.8, 4) is 0 Å². The molecule has 0 unspecified atom stereocenters. The molecule has 1 N–H and O–H groups in total. The average Bonchev–Trinajstić information content (AvgIpc) is 2.28. The van der Waals surface area contributed by atoms with E-state index in [0.717, 1.165) is 11.6 Å². The molecule has 2 aromatic rings. The molecule has 1 aromatic carbocycles. The third-order valence-corrected chi connectivity index (χ3v) is 2.65. The highest BCUT2D eigenvalue weighted by atomic mass is 35.5. The van der Waals surface area contributed by atoms with Gasteiger partial charge < -0.3 is 5.32 Å². The molecular weight excluding hydrogens is 255 g/mol. The van der Waals surface area contributed by atoms with Gasteiger partial charge in [-0.3, -0.25) is 4.79 Å². The first kappa shape index (κ1) is 12.5. The second-order valence-electron chi connectivity index (χ2n) is 3.80. The lowest BCUT2D eigenvalue weighted by Crippen LogP contribution is -2.13. The van der Waals surface area contributed by atoms with Crippen molar-refractivity contribution in [3.05, 3.63) is 58.5 Å². The molecule has 18 heavy (non-hydrogen) atoms. The highest BCUT2D eigenvalue weighted by Crippen LogP contribution is 2.18. The van der Waals surface area contributed by atoms with Gasteiger partial charge >= 0.3 is 0 Å². The van der Waals surface area contributed by atoms with E-state index in [1.54, 1.807) is 12.3 Å². The van der Waals surface area contributed by atoms with Crippen LogP contribution in [-0.4, -0.2) is 10.9 Å². The number of carbonyl (C=O) groups excluding carboxylic acids is 1. The van der Waals surface area contributed by atoms with Crippen molar-refractivity contribution < 1.29 is 9.18 Å². The summed E-state index contributed by atoms with van der Waals surface area (Å²) < 4.78 is 12.9. The van der Waals surface area contributed by atoms with Crippen LogP contribution >= 0.6 is 11.6 Å². The summed E-state index contributed by atoms with van der Waals surface area (Å²) in [5.74, 6) is -0.469. The molecule has 0 aliphatic carbocycles. The monoisotopic (exact) mass is 264 g/mol. The van der Waals surface area contributed by atoms with Crippen LogP contribution in [0.15, 0.2) is 36.5 Å². The number of amides is 1. The predicted octanol–water partition coefficient (Wildman–Crippen LogP) is 3.43. The van der Waals surface area contributed by atoms with Crippen molar-refractivity contribution >= 4 is 23.3 Å². The highest BCUT2D eigenvalue weighted by Gasteiger charge is 2.11. The number of halogens is 2. The van der Waals surface area contributed by atoms with Gasteiger partial charge in [0.25, 0.3) is 5.91 Å². The van der Waals surface area contributed by atoms with Gasteiger partial charge in [0, 0.05) is 6.20 Å². The van der Waals surface area contributed by atoms with Crippen LogP contribution in [0.3, 0.4) is 0 Å². The van der Waals surface area contributed by atoms with E-state index < -0.39 is 11.7 Å². The van der Waals surface area contributed by atoms with Crippen molar-refractivity contribution in [2.75, 3.05) is 5.32 Å². The van der Waals surface area contributed by atoms with E-state index in [4.69, 9.17) is 11.6 Å². The number of nitrogens with one attached hydrogen (secondary N) is 1. The van der Waals surface area contributed by atoms with Gasteiger partial charge in [-0.25, -0.2) is 9.37 Å². The molecule has 0 aliphatic rings. The van der Waals surface area contributed by atoms with Gasteiger partial charge in [-0.2, -0.15) is 0 Å². The molecule has 0 spiro atoms. The fourth-order valence-corrected chi connectivity index (χ4v) is 1.71. The van der Waals surface area contributed by atoms with Crippen LogP contribution in [0.5, 0.6) is 0 Å². The van der Waals surface area contributed by atoms with Crippen LogP contribution in [0.1, 0.15) is 15.9 Å². The zero-order chi connectivity index (χ0) is 13.1. The zero-order valence-electron chi connectivity index (χ0n) is 9.58. The van der Waals surface area contributed by atoms with E-state index in [0.29, 0.717) is 5.82 Å². The number of pyridine rings is 1. The maximum absolute atomic E-state index is 12.9. The molecule has 2 rings (SSSR count). The maximum Gasteiger partial charge on any atom is 0.258 e. The largest absolute Gasteiger partial charge is 0.307 e. The van der Waals surface area contributed by atoms with Crippen molar-refractivity contribution in [1.29, 1.82) is 0 Å². The van der Waals surface area contributed by atoms with Crippen molar-refractivity contribution in [2.24, 2.45) is 0 Å². The third-order valence-electron chi connectivity index (χ3n) is 2.33. The van der Waals surface area contributed by atoms with E-state index in [1.165, 1.54) is 12.1 Å². The Morgan fingerprint density at radius 1 is 1.33 bits per heavy atom. The van der Waals surface area contributed by atoms with Crippen molar-refractivity contribution in [1.82, 2.24) is 4.98 Å². The Kier molecular flexibility index (Phi) is 3.58. The number of aryl methyl sites for hydroxylation is 1. The summed E-state index contributed by atoms with van der Waals surface area (Å²) >= 11 is 5.80. The van der Waals surface area contributed by atoms with E-state index in [2.05, 4.69) is 10.3 Å². The molecule has 0 aliphatic heterocycles. The first-order valence-corrected chi connectivity index (χ1v) is 5.63. The summed E-state index contributed by atoms with van der Waals surface area (Å²) in [4.78, 5) is 15.9. The maximum atomic E-state index is 12.9. The molecule has 0 saturated heterocycles. The minimum absolute atomic E-state index is 0.0696. The number of hydrogen-bond acceptors (Lipinski definition) is 2. The lowest BCUT2D eigenvalue weighted by atomic mass is 10.2. The molecule has 1 aromatic heterocycles. The Labute approximate surface area is 109 Å². The average molecular weight is 265 g/mol. The normalized spacial score (nSPS) is 10.2. The van der Waals surface area contributed by atoms with Crippen molar-refractivity contribution in [2.45, 2.75) is 6.92 Å². The van der Waals surface area contributed by atoms with Crippen molar-refractivity contribution in [3.63, 3.8) is 0 Å². The van der Waals surface area contributed by atoms with Crippen LogP contribution in [0.25, 0.3) is 0 Å².